The lowest BCUT2D eigenvalue weighted by atomic mass is 9.74. The highest BCUT2D eigenvalue weighted by Crippen LogP contribution is 2.36. The molecule has 0 aliphatic heterocycles. The van der Waals surface area contributed by atoms with Gasteiger partial charge in [0.2, 0.25) is 0 Å². The molecule has 1 aromatic heterocycles. The average molecular weight is 239 g/mol. The number of allylic oxidation sites excluding steroid dienone is 1. The number of Topliss-reactive ketones (excluding diaryl/α,β-unsaturated/α-hetero) is 1. The zero-order valence-corrected chi connectivity index (χ0v) is 10.3. The molecule has 1 aliphatic rings. The van der Waals surface area contributed by atoms with Crippen molar-refractivity contribution in [3.8, 4) is 0 Å². The van der Waals surface area contributed by atoms with Crippen molar-refractivity contribution in [2.45, 2.75) is 33.1 Å². The lowest BCUT2D eigenvalue weighted by Gasteiger charge is -2.29. The predicted molar refractivity (Wildman–Crippen MR) is 64.3 cm³/mol. The van der Waals surface area contributed by atoms with Gasteiger partial charge in [-0.05, 0) is 54.6 Å². The van der Waals surface area contributed by atoms with Crippen molar-refractivity contribution < 1.29 is 9.21 Å². The van der Waals surface area contributed by atoms with Crippen molar-refractivity contribution in [2.75, 3.05) is 0 Å². The summed E-state index contributed by atoms with van der Waals surface area (Å²) < 4.78 is 5.24. The molecule has 3 heteroatoms. The number of hydrogen-bond acceptors (Lipinski definition) is 2. The summed E-state index contributed by atoms with van der Waals surface area (Å²) >= 11 is 5.69. The molecule has 1 saturated carbocycles. The molecule has 1 aromatic rings. The molecule has 2 rings (SSSR count). The highest BCUT2D eigenvalue weighted by molar-refractivity contribution is 6.28. The van der Waals surface area contributed by atoms with Crippen LogP contribution in [0.15, 0.2) is 22.1 Å². The molecule has 86 valence electrons. The fourth-order valence-corrected chi connectivity index (χ4v) is 2.25. The molecule has 2 nitrogen and oxygen atoms in total. The van der Waals surface area contributed by atoms with Gasteiger partial charge in [-0.25, -0.2) is 0 Å². The molecule has 0 amide bonds. The Morgan fingerprint density at radius 1 is 1.44 bits per heavy atom. The molecule has 0 N–H and O–H groups in total. The van der Waals surface area contributed by atoms with E-state index in [0.717, 1.165) is 24.8 Å². The SMILES string of the molecule is CC1(C)CCCC(=Cc2ccc(Cl)o2)C1=O. The van der Waals surface area contributed by atoms with Crippen LogP contribution < -0.4 is 0 Å². The van der Waals surface area contributed by atoms with E-state index >= 15 is 0 Å². The van der Waals surface area contributed by atoms with E-state index < -0.39 is 0 Å². The van der Waals surface area contributed by atoms with Crippen molar-refractivity contribution in [1.82, 2.24) is 0 Å². The fraction of sp³-hybridized carbons (Fsp3) is 0.462. The van der Waals surface area contributed by atoms with Gasteiger partial charge in [0.05, 0.1) is 0 Å². The monoisotopic (exact) mass is 238 g/mol. The van der Waals surface area contributed by atoms with Crippen LogP contribution in [-0.2, 0) is 4.79 Å². The zero-order valence-electron chi connectivity index (χ0n) is 9.55. The number of furan rings is 1. The minimum atomic E-state index is -0.236. The van der Waals surface area contributed by atoms with E-state index in [4.69, 9.17) is 16.0 Å². The predicted octanol–water partition coefficient (Wildman–Crippen LogP) is 4.10. The number of carbonyl (C=O) groups excluding carboxylic acids is 1. The first kappa shape index (κ1) is 11.5. The van der Waals surface area contributed by atoms with Crippen molar-refractivity contribution in [1.29, 1.82) is 0 Å². The molecule has 1 fully saturated rings. The van der Waals surface area contributed by atoms with Gasteiger partial charge in [0.15, 0.2) is 11.0 Å². The summed E-state index contributed by atoms with van der Waals surface area (Å²) in [5.74, 6) is 0.886. The van der Waals surface area contributed by atoms with Gasteiger partial charge in [-0.1, -0.05) is 13.8 Å². The van der Waals surface area contributed by atoms with Crippen molar-refractivity contribution >= 4 is 23.5 Å². The molecule has 0 saturated heterocycles. The number of hydrogen-bond donors (Lipinski definition) is 0. The van der Waals surface area contributed by atoms with E-state index in [0.29, 0.717) is 11.0 Å². The number of halogens is 1. The van der Waals surface area contributed by atoms with E-state index in [1.807, 2.05) is 19.9 Å². The summed E-state index contributed by atoms with van der Waals surface area (Å²) in [6, 6.07) is 3.47. The summed E-state index contributed by atoms with van der Waals surface area (Å²) in [5.41, 5.74) is 0.614. The first-order chi connectivity index (χ1) is 7.49. The fourth-order valence-electron chi connectivity index (χ4n) is 2.10. The summed E-state index contributed by atoms with van der Waals surface area (Å²) in [7, 11) is 0. The van der Waals surface area contributed by atoms with Gasteiger partial charge in [-0.3, -0.25) is 4.79 Å². The average Bonchev–Trinajstić information content (AvgIpc) is 2.59. The second kappa shape index (κ2) is 4.10. The minimum absolute atomic E-state index is 0.228. The molecular weight excluding hydrogens is 224 g/mol. The maximum absolute atomic E-state index is 12.1. The van der Waals surface area contributed by atoms with Crippen LogP contribution in [0.4, 0.5) is 0 Å². The summed E-state index contributed by atoms with van der Waals surface area (Å²) in [5, 5.41) is 0.356. The smallest absolute Gasteiger partial charge is 0.193 e. The molecule has 0 atom stereocenters. The molecule has 0 bridgehead atoms. The summed E-state index contributed by atoms with van der Waals surface area (Å²) in [6.45, 7) is 3.99. The van der Waals surface area contributed by atoms with E-state index in [1.54, 1.807) is 12.1 Å². The van der Waals surface area contributed by atoms with Crippen LogP contribution in [0.1, 0.15) is 38.9 Å². The van der Waals surface area contributed by atoms with E-state index in [1.165, 1.54) is 0 Å². The van der Waals surface area contributed by atoms with Gasteiger partial charge in [0, 0.05) is 5.41 Å². The van der Waals surface area contributed by atoms with Gasteiger partial charge < -0.3 is 4.42 Å². The third-order valence-corrected chi connectivity index (χ3v) is 3.27. The van der Waals surface area contributed by atoms with Gasteiger partial charge >= 0.3 is 0 Å². The number of ketones is 1. The van der Waals surface area contributed by atoms with Crippen LogP contribution in [0.2, 0.25) is 5.22 Å². The van der Waals surface area contributed by atoms with Crippen molar-refractivity contribution in [3.63, 3.8) is 0 Å². The molecule has 1 heterocycles. The largest absolute Gasteiger partial charge is 0.445 e. The summed E-state index contributed by atoms with van der Waals surface area (Å²) in [4.78, 5) is 12.1. The molecule has 16 heavy (non-hydrogen) atoms. The first-order valence-corrected chi connectivity index (χ1v) is 5.87. The zero-order chi connectivity index (χ0) is 11.8. The van der Waals surface area contributed by atoms with Gasteiger partial charge in [-0.15, -0.1) is 0 Å². The Hall–Kier alpha value is -1.02. The van der Waals surface area contributed by atoms with E-state index in [9.17, 15) is 4.79 Å². The van der Waals surface area contributed by atoms with Crippen LogP contribution in [0.5, 0.6) is 0 Å². The van der Waals surface area contributed by atoms with Gasteiger partial charge in [0.1, 0.15) is 5.76 Å². The lowest BCUT2D eigenvalue weighted by molar-refractivity contribution is -0.124. The maximum Gasteiger partial charge on any atom is 0.193 e. The van der Waals surface area contributed by atoms with Gasteiger partial charge in [0.25, 0.3) is 0 Å². The standard InChI is InChI=1S/C13H15ClO2/c1-13(2)7-3-4-9(12(13)15)8-10-5-6-11(14)16-10/h5-6,8H,3-4,7H2,1-2H3. The molecule has 1 aliphatic carbocycles. The molecule has 0 radical (unpaired) electrons. The number of carbonyl (C=O) groups is 1. The molecular formula is C13H15ClO2. The Bertz CT molecular complexity index is 441. The van der Waals surface area contributed by atoms with E-state index in [-0.39, 0.29) is 11.2 Å². The second-order valence-electron chi connectivity index (χ2n) is 4.88. The van der Waals surface area contributed by atoms with Crippen LogP contribution >= 0.6 is 11.6 Å². The third kappa shape index (κ3) is 2.22. The second-order valence-corrected chi connectivity index (χ2v) is 5.25. The van der Waals surface area contributed by atoms with Crippen LogP contribution in [-0.4, -0.2) is 5.78 Å². The number of rotatable bonds is 1. The highest BCUT2D eigenvalue weighted by Gasteiger charge is 2.33. The summed E-state index contributed by atoms with van der Waals surface area (Å²) in [6.07, 6.45) is 4.66. The maximum atomic E-state index is 12.1. The molecule has 0 unspecified atom stereocenters. The minimum Gasteiger partial charge on any atom is -0.445 e. The van der Waals surface area contributed by atoms with Crippen LogP contribution in [0, 0.1) is 5.41 Å². The van der Waals surface area contributed by atoms with Crippen LogP contribution in [0.25, 0.3) is 6.08 Å². The Balaban J connectivity index is 2.27. The topological polar surface area (TPSA) is 30.2 Å². The Labute approximate surface area is 100 Å². The lowest BCUT2D eigenvalue weighted by Crippen LogP contribution is -2.29. The Morgan fingerprint density at radius 2 is 2.19 bits per heavy atom. The molecule has 0 spiro atoms. The first-order valence-electron chi connectivity index (χ1n) is 5.50. The van der Waals surface area contributed by atoms with E-state index in [2.05, 4.69) is 0 Å². The third-order valence-electron chi connectivity index (χ3n) is 3.06. The van der Waals surface area contributed by atoms with Crippen molar-refractivity contribution in [3.05, 3.63) is 28.7 Å². The Morgan fingerprint density at radius 3 is 2.81 bits per heavy atom. The van der Waals surface area contributed by atoms with Gasteiger partial charge in [-0.2, -0.15) is 0 Å². The van der Waals surface area contributed by atoms with Crippen molar-refractivity contribution in [2.24, 2.45) is 5.41 Å². The highest BCUT2D eigenvalue weighted by atomic mass is 35.5. The molecule has 0 aromatic carbocycles. The normalized spacial score (nSPS) is 22.7. The Kier molecular flexibility index (Phi) is 2.94. The quantitative estimate of drug-likeness (QED) is 0.690. The van der Waals surface area contributed by atoms with Crippen LogP contribution in [0.3, 0.4) is 0 Å².